The van der Waals surface area contributed by atoms with Gasteiger partial charge in [0.25, 0.3) is 0 Å². The molecule has 0 heterocycles. The van der Waals surface area contributed by atoms with E-state index in [-0.39, 0.29) is 27.6 Å². The predicted molar refractivity (Wildman–Crippen MR) is 178 cm³/mol. The van der Waals surface area contributed by atoms with Crippen molar-refractivity contribution >= 4 is 85.6 Å². The van der Waals surface area contributed by atoms with Gasteiger partial charge in [0.15, 0.2) is 0 Å². The summed E-state index contributed by atoms with van der Waals surface area (Å²) in [6.07, 6.45) is 0. The Labute approximate surface area is 244 Å². The summed E-state index contributed by atoms with van der Waals surface area (Å²) in [6.45, 7) is 0. The Hall–Kier alpha value is -4.62. The van der Waals surface area contributed by atoms with E-state index in [1.807, 2.05) is 30.3 Å². The minimum Gasteiger partial charge on any atom is -0.509 e. The molecular weight excluding hydrogens is 492 g/mol. The van der Waals surface area contributed by atoms with Crippen molar-refractivity contribution in [3.8, 4) is 39.1 Å². The van der Waals surface area contributed by atoms with E-state index < -0.39 is 0 Å². The third kappa shape index (κ3) is 3.91. The van der Waals surface area contributed by atoms with Crippen LogP contribution in [-0.4, -0.2) is 36.5 Å². The molecule has 0 aliphatic heterocycles. The zero-order valence-electron chi connectivity index (χ0n) is 22.2. The van der Waals surface area contributed by atoms with Crippen LogP contribution in [0.1, 0.15) is 0 Å². The van der Waals surface area contributed by atoms with Crippen molar-refractivity contribution in [3.63, 3.8) is 0 Å². The topological polar surface area (TPSA) is 20.2 Å². The van der Waals surface area contributed by atoms with Crippen molar-refractivity contribution in [2.75, 3.05) is 0 Å². The average Bonchev–Trinajstić information content (AvgIpc) is 3.02. The Kier molecular flexibility index (Phi) is 6.05. The summed E-state index contributed by atoms with van der Waals surface area (Å²) >= 11 is 0. The maximum Gasteiger partial charge on any atom is 0.118 e. The van der Waals surface area contributed by atoms with E-state index in [0.29, 0.717) is 5.56 Å². The van der Waals surface area contributed by atoms with Crippen LogP contribution in [0.3, 0.4) is 0 Å². The number of hydrogen-bond donors (Lipinski definition) is 1. The zero-order valence-corrected chi connectivity index (χ0v) is 22.2. The summed E-state index contributed by atoms with van der Waals surface area (Å²) in [5, 5.41) is 16.8. The van der Waals surface area contributed by atoms with Gasteiger partial charge in [-0.2, -0.15) is 0 Å². The molecule has 0 bridgehead atoms. The first-order valence-corrected chi connectivity index (χ1v) is 13.4. The van der Waals surface area contributed by atoms with Gasteiger partial charge >= 0.3 is 0 Å². The van der Waals surface area contributed by atoms with Crippen LogP contribution in [-0.2, 0) is 0 Å². The van der Waals surface area contributed by atoms with Crippen LogP contribution in [0, 0.1) is 0 Å². The molecule has 1 nitrogen and oxygen atoms in total. The molecule has 1 N–H and O–H groups in total. The van der Waals surface area contributed by atoms with Crippen molar-refractivity contribution in [3.05, 3.63) is 115 Å². The lowest BCUT2D eigenvalue weighted by Crippen LogP contribution is -2.42. The second-order valence-corrected chi connectivity index (χ2v) is 10.3. The summed E-state index contributed by atoms with van der Waals surface area (Å²) < 4.78 is 0. The molecular formula is C36H20B4O. The smallest absolute Gasteiger partial charge is 0.118 e. The molecule has 7 aromatic carbocycles. The van der Waals surface area contributed by atoms with Gasteiger partial charge in [-0.05, 0) is 77.8 Å². The van der Waals surface area contributed by atoms with Crippen LogP contribution in [0.4, 0.5) is 0 Å². The molecule has 0 spiro atoms. The van der Waals surface area contributed by atoms with Crippen LogP contribution in [0.25, 0.3) is 65.7 Å². The highest BCUT2D eigenvalue weighted by atomic mass is 16.3. The number of benzene rings is 7. The summed E-state index contributed by atoms with van der Waals surface area (Å²) in [5.74, 6) is -0.293. The lowest BCUT2D eigenvalue weighted by Gasteiger charge is -2.24. The van der Waals surface area contributed by atoms with Crippen molar-refractivity contribution in [2.24, 2.45) is 0 Å². The summed E-state index contributed by atoms with van der Waals surface area (Å²) in [4.78, 5) is 0. The number of phenols is 1. The lowest BCUT2D eigenvalue weighted by atomic mass is 9.64. The number of aromatic hydroxyl groups is 1. The molecule has 7 aromatic rings. The van der Waals surface area contributed by atoms with Crippen LogP contribution >= 0.6 is 0 Å². The molecule has 0 amide bonds. The highest BCUT2D eigenvalue weighted by molar-refractivity contribution is 6.61. The van der Waals surface area contributed by atoms with Crippen LogP contribution in [0.2, 0.25) is 0 Å². The van der Waals surface area contributed by atoms with Gasteiger partial charge in [-0.1, -0.05) is 125 Å². The molecule has 0 aromatic heterocycles. The van der Waals surface area contributed by atoms with Crippen LogP contribution < -0.4 is 21.9 Å². The first kappa shape index (κ1) is 25.4. The normalized spacial score (nSPS) is 11.4. The summed E-state index contributed by atoms with van der Waals surface area (Å²) in [5.41, 5.74) is 6.35. The van der Waals surface area contributed by atoms with Gasteiger partial charge in [0.05, 0.1) is 5.75 Å². The predicted octanol–water partition coefficient (Wildman–Crippen LogP) is 5.03. The van der Waals surface area contributed by atoms with Gasteiger partial charge in [-0.15, -0.1) is 0 Å². The minimum absolute atomic E-state index is 0.0194. The monoisotopic (exact) mass is 512 g/mol. The fraction of sp³-hybridized carbons (Fsp3) is 0. The number of fused-ring (bicyclic) bond motifs is 3. The van der Waals surface area contributed by atoms with Crippen molar-refractivity contribution < 1.29 is 5.11 Å². The fourth-order valence-corrected chi connectivity index (χ4v) is 6.10. The van der Waals surface area contributed by atoms with Gasteiger partial charge in [0.1, 0.15) is 31.4 Å². The Morgan fingerprint density at radius 1 is 0.390 bits per heavy atom. The van der Waals surface area contributed by atoms with E-state index in [2.05, 4.69) is 84.9 Å². The molecule has 0 saturated carbocycles. The minimum atomic E-state index is -0.293. The van der Waals surface area contributed by atoms with E-state index in [1.165, 1.54) is 10.9 Å². The summed E-state index contributed by atoms with van der Waals surface area (Å²) in [7, 11) is 25.5. The highest BCUT2D eigenvalue weighted by Crippen LogP contribution is 2.44. The molecule has 7 rings (SSSR count). The highest BCUT2D eigenvalue weighted by Gasteiger charge is 2.21. The largest absolute Gasteiger partial charge is 0.509 e. The fourth-order valence-electron chi connectivity index (χ4n) is 6.10. The molecule has 182 valence electrons. The van der Waals surface area contributed by atoms with E-state index >= 15 is 0 Å². The van der Waals surface area contributed by atoms with Crippen molar-refractivity contribution in [1.29, 1.82) is 0 Å². The first-order valence-electron chi connectivity index (χ1n) is 13.4. The lowest BCUT2D eigenvalue weighted by molar-refractivity contribution is 0.484. The standard InChI is InChI=1S/C36H20B4O/c37-32-31(33(38)35(40)36(41)34(32)39)30-26-16-8-6-14-24(26)29(25-15-7-9-17-27(25)30)22-18-21-12-4-5-13-23(21)28(19-22)20-10-2-1-3-11-20/h1-19,41H. The number of phenolic OH excluding ortho intramolecular Hbond substituents is 1. The third-order valence-electron chi connectivity index (χ3n) is 8.05. The Morgan fingerprint density at radius 3 is 1.41 bits per heavy atom. The van der Waals surface area contributed by atoms with E-state index in [0.717, 1.165) is 49.2 Å². The van der Waals surface area contributed by atoms with Crippen LogP contribution in [0.15, 0.2) is 115 Å². The van der Waals surface area contributed by atoms with Gasteiger partial charge in [0, 0.05) is 0 Å². The molecule has 41 heavy (non-hydrogen) atoms. The molecule has 0 aliphatic rings. The van der Waals surface area contributed by atoms with Gasteiger partial charge in [-0.3, -0.25) is 0 Å². The number of hydrogen-bond acceptors (Lipinski definition) is 1. The second kappa shape index (κ2) is 9.78. The van der Waals surface area contributed by atoms with Gasteiger partial charge < -0.3 is 5.11 Å². The molecule has 0 fully saturated rings. The molecule has 0 unspecified atom stereocenters. The maximum atomic E-state index is 10.5. The van der Waals surface area contributed by atoms with Gasteiger partial charge in [0.2, 0.25) is 0 Å². The van der Waals surface area contributed by atoms with Gasteiger partial charge in [-0.25, -0.2) is 0 Å². The van der Waals surface area contributed by atoms with Crippen molar-refractivity contribution in [1.82, 2.24) is 0 Å². The maximum absolute atomic E-state index is 10.5. The molecule has 0 atom stereocenters. The van der Waals surface area contributed by atoms with E-state index in [1.54, 1.807) is 0 Å². The second-order valence-electron chi connectivity index (χ2n) is 10.3. The van der Waals surface area contributed by atoms with E-state index in [9.17, 15) is 5.11 Å². The number of rotatable bonds is 3. The summed E-state index contributed by atoms with van der Waals surface area (Å²) in [6, 6.07) is 40.0. The van der Waals surface area contributed by atoms with Crippen molar-refractivity contribution in [2.45, 2.75) is 0 Å². The Morgan fingerprint density at radius 2 is 0.854 bits per heavy atom. The quantitative estimate of drug-likeness (QED) is 0.261. The third-order valence-corrected chi connectivity index (χ3v) is 8.05. The Balaban J connectivity index is 1.65. The SMILES string of the molecule is [B]c1c([B])c(-c2c3ccccc3c(-c3cc(-c4ccccc4)c4ccccc4c3)c3ccccc23)c([B])c([B])c1O. The molecule has 5 heteroatoms. The molecule has 8 radical (unpaired) electrons. The first-order chi connectivity index (χ1) is 20.0. The zero-order chi connectivity index (χ0) is 28.2. The Bertz CT molecular complexity index is 2070. The van der Waals surface area contributed by atoms with E-state index in [4.69, 9.17) is 31.4 Å². The molecule has 0 aliphatic carbocycles. The molecule has 0 saturated heterocycles. The van der Waals surface area contributed by atoms with Crippen LogP contribution in [0.5, 0.6) is 5.75 Å². The average molecular weight is 512 g/mol.